The molecule has 1 aliphatic heterocycles. The Bertz CT molecular complexity index is 241. The molecule has 0 aliphatic carbocycles. The fraction of sp³-hybridized carbons (Fsp3) is 0.818. The minimum Gasteiger partial charge on any atom is -0.341 e. The van der Waals surface area contributed by atoms with Gasteiger partial charge in [-0.05, 0) is 26.3 Å². The Hall–Kier alpha value is -1.08. The first-order valence-electron chi connectivity index (χ1n) is 5.68. The average molecular weight is 209 g/mol. The molecule has 0 saturated carbocycles. The van der Waals surface area contributed by atoms with Gasteiger partial charge in [-0.2, -0.15) is 5.26 Å². The number of likely N-dealkylation sites (N-methyl/N-ethyl adjacent to an activating group) is 1. The van der Waals surface area contributed by atoms with Crippen LogP contribution in [0.25, 0.3) is 0 Å². The molecule has 1 rings (SSSR count). The number of piperidine rings is 1. The summed E-state index contributed by atoms with van der Waals surface area (Å²) >= 11 is 0. The van der Waals surface area contributed by atoms with Crippen molar-refractivity contribution in [3.05, 3.63) is 0 Å². The predicted molar refractivity (Wildman–Crippen MR) is 58.1 cm³/mol. The molecule has 1 amide bonds. The second kappa shape index (κ2) is 6.41. The van der Waals surface area contributed by atoms with Gasteiger partial charge in [-0.3, -0.25) is 4.79 Å². The van der Waals surface area contributed by atoms with Crippen molar-refractivity contribution in [3.63, 3.8) is 0 Å². The van der Waals surface area contributed by atoms with Crippen LogP contribution in [0.3, 0.4) is 0 Å². The minimum atomic E-state index is -0.0163. The van der Waals surface area contributed by atoms with Crippen LogP contribution in [0.15, 0.2) is 0 Å². The summed E-state index contributed by atoms with van der Waals surface area (Å²) in [5.74, 6) is 0.160. The standard InChI is InChI=1S/C11H19N3O/c1-2-14(9-5-7-12)11(15)10-6-3-4-8-13-10/h10,13H,2-6,8-9H2,1H3/t10-/m1/s1. The van der Waals surface area contributed by atoms with E-state index in [1.54, 1.807) is 4.90 Å². The monoisotopic (exact) mass is 209 g/mol. The third-order valence-electron chi connectivity index (χ3n) is 2.80. The van der Waals surface area contributed by atoms with Gasteiger partial charge in [0.05, 0.1) is 18.5 Å². The van der Waals surface area contributed by atoms with E-state index in [2.05, 4.69) is 11.4 Å². The van der Waals surface area contributed by atoms with E-state index < -0.39 is 0 Å². The minimum absolute atomic E-state index is 0.0163. The summed E-state index contributed by atoms with van der Waals surface area (Å²) in [5, 5.41) is 11.7. The first-order valence-corrected chi connectivity index (χ1v) is 5.68. The van der Waals surface area contributed by atoms with Gasteiger partial charge in [0.1, 0.15) is 0 Å². The van der Waals surface area contributed by atoms with E-state index in [0.717, 1.165) is 25.8 Å². The molecule has 0 aromatic heterocycles. The SMILES string of the molecule is CCN(CCC#N)C(=O)[C@H]1CCCCN1. The highest BCUT2D eigenvalue weighted by molar-refractivity contribution is 5.82. The molecule has 1 aliphatic rings. The summed E-state index contributed by atoms with van der Waals surface area (Å²) in [6.45, 7) is 4.15. The summed E-state index contributed by atoms with van der Waals surface area (Å²) < 4.78 is 0. The van der Waals surface area contributed by atoms with E-state index >= 15 is 0 Å². The number of carbonyl (C=O) groups excluding carboxylic acids is 1. The van der Waals surface area contributed by atoms with Crippen molar-refractivity contribution in [1.82, 2.24) is 10.2 Å². The quantitative estimate of drug-likeness (QED) is 0.748. The Morgan fingerprint density at radius 2 is 2.40 bits per heavy atom. The number of nitrogens with zero attached hydrogens (tertiary/aromatic N) is 2. The van der Waals surface area contributed by atoms with Gasteiger partial charge < -0.3 is 10.2 Å². The molecule has 0 aromatic rings. The summed E-state index contributed by atoms with van der Waals surface area (Å²) in [5.41, 5.74) is 0. The lowest BCUT2D eigenvalue weighted by atomic mass is 10.0. The zero-order valence-corrected chi connectivity index (χ0v) is 9.33. The lowest BCUT2D eigenvalue weighted by molar-refractivity contribution is -0.133. The van der Waals surface area contributed by atoms with Gasteiger partial charge in [0.25, 0.3) is 0 Å². The topological polar surface area (TPSA) is 56.1 Å². The molecule has 1 saturated heterocycles. The molecule has 1 heterocycles. The van der Waals surface area contributed by atoms with Gasteiger partial charge in [0, 0.05) is 13.1 Å². The van der Waals surface area contributed by atoms with E-state index in [0.29, 0.717) is 19.5 Å². The Balaban J connectivity index is 2.44. The normalized spacial score (nSPS) is 20.7. The lowest BCUT2D eigenvalue weighted by Crippen LogP contribution is -2.48. The molecule has 0 bridgehead atoms. The van der Waals surface area contributed by atoms with Crippen LogP contribution < -0.4 is 5.32 Å². The van der Waals surface area contributed by atoms with Crippen LogP contribution in [0.4, 0.5) is 0 Å². The van der Waals surface area contributed by atoms with Crippen LogP contribution in [0.1, 0.15) is 32.6 Å². The molecule has 1 fully saturated rings. The Morgan fingerprint density at radius 3 is 2.93 bits per heavy atom. The fourth-order valence-electron chi connectivity index (χ4n) is 1.89. The molecule has 84 valence electrons. The summed E-state index contributed by atoms with van der Waals surface area (Å²) in [7, 11) is 0. The number of rotatable bonds is 4. The van der Waals surface area contributed by atoms with E-state index in [-0.39, 0.29) is 11.9 Å². The first-order chi connectivity index (χ1) is 7.29. The van der Waals surface area contributed by atoms with Gasteiger partial charge in [-0.15, -0.1) is 0 Å². The average Bonchev–Trinajstić information content (AvgIpc) is 2.31. The van der Waals surface area contributed by atoms with Crippen LogP contribution in [-0.2, 0) is 4.79 Å². The van der Waals surface area contributed by atoms with E-state index in [1.807, 2.05) is 6.92 Å². The third kappa shape index (κ3) is 3.52. The maximum absolute atomic E-state index is 12.0. The van der Waals surface area contributed by atoms with Gasteiger partial charge >= 0.3 is 0 Å². The van der Waals surface area contributed by atoms with Crippen molar-refractivity contribution in [1.29, 1.82) is 5.26 Å². The highest BCUT2D eigenvalue weighted by atomic mass is 16.2. The summed E-state index contributed by atoms with van der Waals surface area (Å²) in [6, 6.07) is 2.06. The van der Waals surface area contributed by atoms with Crippen molar-refractivity contribution < 1.29 is 4.79 Å². The fourth-order valence-corrected chi connectivity index (χ4v) is 1.89. The van der Waals surface area contributed by atoms with Crippen LogP contribution in [0.5, 0.6) is 0 Å². The second-order valence-electron chi connectivity index (χ2n) is 3.83. The Kier molecular flexibility index (Phi) is 5.13. The Morgan fingerprint density at radius 1 is 1.60 bits per heavy atom. The van der Waals surface area contributed by atoms with Crippen molar-refractivity contribution in [2.75, 3.05) is 19.6 Å². The molecule has 15 heavy (non-hydrogen) atoms. The van der Waals surface area contributed by atoms with E-state index in [1.165, 1.54) is 0 Å². The molecule has 4 heteroatoms. The highest BCUT2D eigenvalue weighted by Crippen LogP contribution is 2.10. The van der Waals surface area contributed by atoms with Crippen LogP contribution in [-0.4, -0.2) is 36.5 Å². The lowest BCUT2D eigenvalue weighted by Gasteiger charge is -2.28. The van der Waals surface area contributed by atoms with Gasteiger partial charge in [0.2, 0.25) is 5.91 Å². The zero-order chi connectivity index (χ0) is 11.1. The number of nitrogens with one attached hydrogen (secondary N) is 1. The van der Waals surface area contributed by atoms with Crippen molar-refractivity contribution in [2.45, 2.75) is 38.6 Å². The van der Waals surface area contributed by atoms with Gasteiger partial charge in [-0.1, -0.05) is 6.42 Å². The van der Waals surface area contributed by atoms with E-state index in [4.69, 9.17) is 5.26 Å². The zero-order valence-electron chi connectivity index (χ0n) is 9.33. The van der Waals surface area contributed by atoms with Crippen molar-refractivity contribution in [3.8, 4) is 6.07 Å². The molecule has 0 unspecified atom stereocenters. The number of hydrogen-bond donors (Lipinski definition) is 1. The number of hydrogen-bond acceptors (Lipinski definition) is 3. The summed E-state index contributed by atoms with van der Waals surface area (Å²) in [4.78, 5) is 13.8. The molecule has 0 aromatic carbocycles. The molecular formula is C11H19N3O. The van der Waals surface area contributed by atoms with Crippen LogP contribution in [0.2, 0.25) is 0 Å². The largest absolute Gasteiger partial charge is 0.341 e. The first kappa shape index (κ1) is 12.0. The second-order valence-corrected chi connectivity index (χ2v) is 3.83. The molecule has 0 spiro atoms. The van der Waals surface area contributed by atoms with Gasteiger partial charge in [0.15, 0.2) is 0 Å². The maximum atomic E-state index is 12.0. The van der Waals surface area contributed by atoms with Crippen LogP contribution in [0, 0.1) is 11.3 Å². The summed E-state index contributed by atoms with van der Waals surface area (Å²) in [6.07, 6.45) is 3.64. The molecule has 1 N–H and O–H groups in total. The third-order valence-corrected chi connectivity index (χ3v) is 2.80. The van der Waals surface area contributed by atoms with E-state index in [9.17, 15) is 4.79 Å². The number of carbonyl (C=O) groups is 1. The number of amides is 1. The molecular weight excluding hydrogens is 190 g/mol. The van der Waals surface area contributed by atoms with Crippen molar-refractivity contribution in [2.24, 2.45) is 0 Å². The van der Waals surface area contributed by atoms with Crippen LogP contribution >= 0.6 is 0 Å². The highest BCUT2D eigenvalue weighted by Gasteiger charge is 2.24. The smallest absolute Gasteiger partial charge is 0.239 e. The Labute approximate surface area is 91.2 Å². The molecule has 4 nitrogen and oxygen atoms in total. The maximum Gasteiger partial charge on any atom is 0.239 e. The predicted octanol–water partition coefficient (Wildman–Crippen LogP) is 0.891. The van der Waals surface area contributed by atoms with Crippen molar-refractivity contribution >= 4 is 5.91 Å². The molecule has 0 radical (unpaired) electrons. The number of nitriles is 1. The molecule has 1 atom stereocenters. The van der Waals surface area contributed by atoms with Gasteiger partial charge in [-0.25, -0.2) is 0 Å².